The Kier molecular flexibility index (Phi) is 3.86. The zero-order valence-electron chi connectivity index (χ0n) is 9.53. The Labute approximate surface area is 90.9 Å². The first-order valence-corrected chi connectivity index (χ1v) is 5.08. The second kappa shape index (κ2) is 4.94. The van der Waals surface area contributed by atoms with E-state index in [2.05, 4.69) is 18.7 Å². The van der Waals surface area contributed by atoms with Crippen LogP contribution < -0.4 is 5.73 Å². The van der Waals surface area contributed by atoms with Crippen molar-refractivity contribution >= 4 is 12.0 Å². The molecule has 1 aromatic rings. The van der Waals surface area contributed by atoms with Gasteiger partial charge in [-0.25, -0.2) is 0 Å². The lowest BCUT2D eigenvalue weighted by Crippen LogP contribution is -2.26. The molecule has 0 unspecified atom stereocenters. The number of carbonyl (C=O) groups is 1. The smallest absolute Gasteiger partial charge is 0.150 e. The summed E-state index contributed by atoms with van der Waals surface area (Å²) in [5, 5.41) is 0. The number of benzene rings is 1. The van der Waals surface area contributed by atoms with Gasteiger partial charge in [0.05, 0.1) is 0 Å². The Morgan fingerprint density at radius 3 is 2.67 bits per heavy atom. The molecule has 0 aromatic heterocycles. The Morgan fingerprint density at radius 1 is 1.47 bits per heavy atom. The minimum Gasteiger partial charge on any atom is -0.399 e. The predicted octanol–water partition coefficient (Wildman–Crippen LogP) is 1.92. The summed E-state index contributed by atoms with van der Waals surface area (Å²) in [6.07, 6.45) is 0.878. The highest BCUT2D eigenvalue weighted by molar-refractivity contribution is 5.78. The number of anilines is 1. The fourth-order valence-corrected chi connectivity index (χ4v) is 1.33. The second-order valence-electron chi connectivity index (χ2n) is 4.08. The van der Waals surface area contributed by atoms with Crippen molar-refractivity contribution < 1.29 is 4.79 Å². The zero-order chi connectivity index (χ0) is 11.4. The van der Waals surface area contributed by atoms with E-state index in [1.807, 2.05) is 13.1 Å². The lowest BCUT2D eigenvalue weighted by molar-refractivity contribution is 0.112. The van der Waals surface area contributed by atoms with E-state index in [9.17, 15) is 4.79 Å². The van der Waals surface area contributed by atoms with Crippen LogP contribution in [-0.2, 0) is 6.54 Å². The summed E-state index contributed by atoms with van der Waals surface area (Å²) in [6.45, 7) is 4.98. The Bertz CT molecular complexity index is 347. The minimum atomic E-state index is 0.450. The highest BCUT2D eigenvalue weighted by Gasteiger charge is 2.08. The third-order valence-electron chi connectivity index (χ3n) is 2.60. The molecule has 0 amide bonds. The maximum atomic E-state index is 10.8. The molecule has 0 saturated carbocycles. The van der Waals surface area contributed by atoms with Gasteiger partial charge in [-0.2, -0.15) is 0 Å². The number of carbonyl (C=O) groups excluding carboxylic acids is 1. The van der Waals surface area contributed by atoms with Crippen LogP contribution in [0.5, 0.6) is 0 Å². The fraction of sp³-hybridized carbons (Fsp3) is 0.417. The van der Waals surface area contributed by atoms with Gasteiger partial charge < -0.3 is 5.73 Å². The Balaban J connectivity index is 2.92. The standard InChI is InChI=1S/C12H18N2O/c1-9(2)14(3)7-11-6-12(13)5-4-10(11)8-15/h4-6,8-9H,7,13H2,1-3H3. The van der Waals surface area contributed by atoms with E-state index in [1.165, 1.54) is 0 Å². The minimum absolute atomic E-state index is 0.450. The first-order chi connectivity index (χ1) is 7.04. The van der Waals surface area contributed by atoms with E-state index in [0.29, 0.717) is 11.7 Å². The first kappa shape index (κ1) is 11.7. The summed E-state index contributed by atoms with van der Waals surface area (Å²) in [6, 6.07) is 5.84. The van der Waals surface area contributed by atoms with E-state index in [0.717, 1.165) is 24.0 Å². The molecule has 1 aromatic carbocycles. The van der Waals surface area contributed by atoms with Gasteiger partial charge in [-0.15, -0.1) is 0 Å². The molecule has 0 saturated heterocycles. The van der Waals surface area contributed by atoms with Crippen LogP contribution in [-0.4, -0.2) is 24.3 Å². The van der Waals surface area contributed by atoms with E-state index in [4.69, 9.17) is 5.73 Å². The van der Waals surface area contributed by atoms with Crippen LogP contribution in [0, 0.1) is 0 Å². The first-order valence-electron chi connectivity index (χ1n) is 5.08. The van der Waals surface area contributed by atoms with Gasteiger partial charge in [0.2, 0.25) is 0 Å². The van der Waals surface area contributed by atoms with E-state index in [1.54, 1.807) is 12.1 Å². The molecule has 1 rings (SSSR count). The number of nitrogens with zero attached hydrogens (tertiary/aromatic N) is 1. The number of nitrogen functional groups attached to an aromatic ring is 1. The van der Waals surface area contributed by atoms with Crippen molar-refractivity contribution in [1.82, 2.24) is 4.90 Å². The molecule has 2 N–H and O–H groups in total. The second-order valence-corrected chi connectivity index (χ2v) is 4.08. The molecule has 0 fully saturated rings. The van der Waals surface area contributed by atoms with Gasteiger partial charge >= 0.3 is 0 Å². The third-order valence-corrected chi connectivity index (χ3v) is 2.60. The molecule has 0 heterocycles. The fourth-order valence-electron chi connectivity index (χ4n) is 1.33. The van der Waals surface area contributed by atoms with Crippen molar-refractivity contribution in [2.75, 3.05) is 12.8 Å². The van der Waals surface area contributed by atoms with Crippen molar-refractivity contribution in [1.29, 1.82) is 0 Å². The molecule has 0 aliphatic carbocycles. The summed E-state index contributed by atoms with van der Waals surface area (Å²) in [5.41, 5.74) is 8.11. The maximum Gasteiger partial charge on any atom is 0.150 e. The van der Waals surface area contributed by atoms with Crippen LogP contribution in [0.1, 0.15) is 29.8 Å². The molecule has 3 heteroatoms. The molecule has 0 bridgehead atoms. The van der Waals surface area contributed by atoms with Crippen LogP contribution in [0.3, 0.4) is 0 Å². The average molecular weight is 206 g/mol. The lowest BCUT2D eigenvalue weighted by Gasteiger charge is -2.21. The summed E-state index contributed by atoms with van der Waals surface area (Å²) >= 11 is 0. The summed E-state index contributed by atoms with van der Waals surface area (Å²) in [5.74, 6) is 0. The molecule has 15 heavy (non-hydrogen) atoms. The van der Waals surface area contributed by atoms with Gasteiger partial charge in [0.15, 0.2) is 0 Å². The molecule has 0 aliphatic heterocycles. The number of hydrogen-bond donors (Lipinski definition) is 1. The topological polar surface area (TPSA) is 46.3 Å². The number of nitrogens with two attached hydrogens (primary N) is 1. The third kappa shape index (κ3) is 3.06. The van der Waals surface area contributed by atoms with Crippen molar-refractivity contribution in [2.24, 2.45) is 0 Å². The van der Waals surface area contributed by atoms with Crippen molar-refractivity contribution in [3.63, 3.8) is 0 Å². The largest absolute Gasteiger partial charge is 0.399 e. The van der Waals surface area contributed by atoms with Gasteiger partial charge in [-0.1, -0.05) is 0 Å². The van der Waals surface area contributed by atoms with Crippen LogP contribution in [0.2, 0.25) is 0 Å². The van der Waals surface area contributed by atoms with Crippen LogP contribution in [0.4, 0.5) is 5.69 Å². The molecule has 82 valence electrons. The van der Waals surface area contributed by atoms with E-state index in [-0.39, 0.29) is 0 Å². The maximum absolute atomic E-state index is 10.8. The number of rotatable bonds is 4. The van der Waals surface area contributed by atoms with Crippen LogP contribution in [0.15, 0.2) is 18.2 Å². The normalized spacial score (nSPS) is 11.0. The molecule has 3 nitrogen and oxygen atoms in total. The molecule has 0 radical (unpaired) electrons. The molecule has 0 atom stereocenters. The average Bonchev–Trinajstić information content (AvgIpc) is 2.18. The van der Waals surface area contributed by atoms with Crippen molar-refractivity contribution in [3.8, 4) is 0 Å². The monoisotopic (exact) mass is 206 g/mol. The predicted molar refractivity (Wildman–Crippen MR) is 62.8 cm³/mol. The SMILES string of the molecule is CC(C)N(C)Cc1cc(N)ccc1C=O. The van der Waals surface area contributed by atoms with E-state index < -0.39 is 0 Å². The van der Waals surface area contributed by atoms with Gasteiger partial charge in [0, 0.05) is 23.8 Å². The van der Waals surface area contributed by atoms with Crippen molar-refractivity contribution in [2.45, 2.75) is 26.4 Å². The highest BCUT2D eigenvalue weighted by Crippen LogP contribution is 2.14. The van der Waals surface area contributed by atoms with Gasteiger partial charge in [-0.3, -0.25) is 9.69 Å². The van der Waals surface area contributed by atoms with Crippen LogP contribution >= 0.6 is 0 Å². The molecular formula is C12H18N2O. The number of hydrogen-bond acceptors (Lipinski definition) is 3. The van der Waals surface area contributed by atoms with Crippen molar-refractivity contribution in [3.05, 3.63) is 29.3 Å². The van der Waals surface area contributed by atoms with Crippen LogP contribution in [0.25, 0.3) is 0 Å². The Hall–Kier alpha value is -1.35. The summed E-state index contributed by atoms with van der Waals surface area (Å²) in [4.78, 5) is 13.0. The Morgan fingerprint density at radius 2 is 2.13 bits per heavy atom. The molecular weight excluding hydrogens is 188 g/mol. The van der Waals surface area contributed by atoms with Gasteiger partial charge in [0.1, 0.15) is 6.29 Å². The lowest BCUT2D eigenvalue weighted by atomic mass is 10.1. The zero-order valence-corrected chi connectivity index (χ0v) is 9.53. The van der Waals surface area contributed by atoms with Gasteiger partial charge in [0.25, 0.3) is 0 Å². The molecule has 0 spiro atoms. The van der Waals surface area contributed by atoms with Gasteiger partial charge in [-0.05, 0) is 44.7 Å². The molecule has 0 aliphatic rings. The summed E-state index contributed by atoms with van der Waals surface area (Å²) < 4.78 is 0. The summed E-state index contributed by atoms with van der Waals surface area (Å²) in [7, 11) is 2.03. The van der Waals surface area contributed by atoms with E-state index >= 15 is 0 Å². The number of aldehydes is 1. The highest BCUT2D eigenvalue weighted by atomic mass is 16.1. The quantitative estimate of drug-likeness (QED) is 0.604.